The molecule has 0 saturated heterocycles. The summed E-state index contributed by atoms with van der Waals surface area (Å²) in [5, 5.41) is 5.94. The smallest absolute Gasteiger partial charge is 0.160 e. The van der Waals surface area contributed by atoms with Crippen LogP contribution in [0.2, 0.25) is 0 Å². The van der Waals surface area contributed by atoms with Crippen LogP contribution < -0.4 is 0 Å². The van der Waals surface area contributed by atoms with E-state index in [0.717, 1.165) is 50.1 Å². The van der Waals surface area contributed by atoms with Crippen molar-refractivity contribution in [2.45, 2.75) is 0 Å². The first-order valence-corrected chi connectivity index (χ1v) is 16.3. The van der Waals surface area contributed by atoms with Crippen molar-refractivity contribution in [3.8, 4) is 56.0 Å². The van der Waals surface area contributed by atoms with Gasteiger partial charge < -0.3 is 0 Å². The lowest BCUT2D eigenvalue weighted by Crippen LogP contribution is -1.96. The molecule has 8 aromatic carbocycles. The van der Waals surface area contributed by atoms with E-state index < -0.39 is 0 Å². The van der Waals surface area contributed by atoms with Crippen molar-refractivity contribution in [2.75, 3.05) is 0 Å². The molecule has 48 heavy (non-hydrogen) atoms. The van der Waals surface area contributed by atoms with Crippen LogP contribution in [-0.4, -0.2) is 9.97 Å². The van der Waals surface area contributed by atoms with Gasteiger partial charge in [0.15, 0.2) is 5.82 Å². The van der Waals surface area contributed by atoms with Crippen LogP contribution in [0.4, 0.5) is 0 Å². The molecule has 224 valence electrons. The molecule has 0 radical (unpaired) electrons. The Morgan fingerprint density at radius 1 is 0.312 bits per heavy atom. The maximum Gasteiger partial charge on any atom is 0.160 e. The molecule has 1 heterocycles. The van der Waals surface area contributed by atoms with Crippen LogP contribution in [0, 0.1) is 0 Å². The van der Waals surface area contributed by atoms with E-state index in [2.05, 4.69) is 176 Å². The standard InChI is InChI=1S/C46H30N2/c1-2-14-33(15-3-1)45-44-42-24-7-5-13-32(42)26-27-43(44)47-46(48-45)39-22-10-20-37(30-39)35-18-8-17-34(28-35)36-19-9-21-38(29-36)41-25-11-16-31-12-4-6-23-40(31)41/h1-30H. The van der Waals surface area contributed by atoms with E-state index >= 15 is 0 Å². The molecule has 0 aliphatic carbocycles. The predicted octanol–water partition coefficient (Wildman–Crippen LogP) is 12.3. The number of rotatable bonds is 5. The fourth-order valence-corrected chi connectivity index (χ4v) is 6.90. The summed E-state index contributed by atoms with van der Waals surface area (Å²) < 4.78 is 0. The molecule has 0 bridgehead atoms. The summed E-state index contributed by atoms with van der Waals surface area (Å²) in [7, 11) is 0. The topological polar surface area (TPSA) is 25.8 Å². The van der Waals surface area contributed by atoms with E-state index in [-0.39, 0.29) is 0 Å². The maximum atomic E-state index is 5.24. The highest BCUT2D eigenvalue weighted by Crippen LogP contribution is 2.36. The lowest BCUT2D eigenvalue weighted by molar-refractivity contribution is 1.23. The Hall–Kier alpha value is -6.38. The molecule has 2 nitrogen and oxygen atoms in total. The third kappa shape index (κ3) is 5.01. The van der Waals surface area contributed by atoms with E-state index in [0.29, 0.717) is 0 Å². The summed E-state index contributed by atoms with van der Waals surface area (Å²) in [6.07, 6.45) is 0. The molecule has 0 fully saturated rings. The second-order valence-electron chi connectivity index (χ2n) is 12.2. The molecule has 2 heteroatoms. The molecule has 0 unspecified atom stereocenters. The van der Waals surface area contributed by atoms with Crippen LogP contribution in [0.1, 0.15) is 0 Å². The molecular formula is C46H30N2. The van der Waals surface area contributed by atoms with Crippen molar-refractivity contribution >= 4 is 32.4 Å². The number of aromatic nitrogens is 2. The molecule has 0 N–H and O–H groups in total. The van der Waals surface area contributed by atoms with Crippen LogP contribution in [0.25, 0.3) is 88.5 Å². The van der Waals surface area contributed by atoms with E-state index in [1.807, 2.05) is 6.07 Å². The first-order chi connectivity index (χ1) is 23.8. The summed E-state index contributed by atoms with van der Waals surface area (Å²) in [5.41, 5.74) is 11.1. The zero-order valence-corrected chi connectivity index (χ0v) is 26.2. The van der Waals surface area contributed by atoms with Gasteiger partial charge in [-0.15, -0.1) is 0 Å². The summed E-state index contributed by atoms with van der Waals surface area (Å²) in [4.78, 5) is 10.4. The minimum absolute atomic E-state index is 0.720. The van der Waals surface area contributed by atoms with Crippen molar-refractivity contribution in [2.24, 2.45) is 0 Å². The van der Waals surface area contributed by atoms with Gasteiger partial charge in [-0.05, 0) is 79.2 Å². The minimum atomic E-state index is 0.720. The lowest BCUT2D eigenvalue weighted by atomic mass is 9.94. The summed E-state index contributed by atoms with van der Waals surface area (Å²) >= 11 is 0. The van der Waals surface area contributed by atoms with E-state index in [1.54, 1.807) is 0 Å². The Bertz CT molecular complexity index is 2610. The Labute approximate surface area is 279 Å². The molecule has 9 rings (SSSR count). The van der Waals surface area contributed by atoms with Crippen LogP contribution >= 0.6 is 0 Å². The number of hydrogen-bond donors (Lipinski definition) is 0. The number of hydrogen-bond acceptors (Lipinski definition) is 2. The Kier molecular flexibility index (Phi) is 6.84. The lowest BCUT2D eigenvalue weighted by Gasteiger charge is -2.13. The largest absolute Gasteiger partial charge is 0.228 e. The van der Waals surface area contributed by atoms with Gasteiger partial charge >= 0.3 is 0 Å². The van der Waals surface area contributed by atoms with Crippen LogP contribution in [0.5, 0.6) is 0 Å². The number of fused-ring (bicyclic) bond motifs is 4. The van der Waals surface area contributed by atoms with Gasteiger partial charge in [-0.1, -0.05) is 158 Å². The second kappa shape index (κ2) is 11.8. The SMILES string of the molecule is c1ccc(-c2nc(-c3cccc(-c4cccc(-c5cccc(-c6cccc7ccccc67)c5)c4)c3)nc3ccc4ccccc4c23)cc1. The predicted molar refractivity (Wildman–Crippen MR) is 202 cm³/mol. The first-order valence-electron chi connectivity index (χ1n) is 16.3. The van der Waals surface area contributed by atoms with Gasteiger partial charge in [0.25, 0.3) is 0 Å². The van der Waals surface area contributed by atoms with Crippen molar-refractivity contribution in [1.82, 2.24) is 9.97 Å². The van der Waals surface area contributed by atoms with E-state index in [4.69, 9.17) is 9.97 Å². The fourth-order valence-electron chi connectivity index (χ4n) is 6.90. The van der Waals surface area contributed by atoms with Crippen LogP contribution in [-0.2, 0) is 0 Å². The van der Waals surface area contributed by atoms with Crippen LogP contribution in [0.15, 0.2) is 182 Å². The number of nitrogens with zero attached hydrogens (tertiary/aromatic N) is 2. The molecule has 0 aliphatic rings. The first kappa shape index (κ1) is 27.9. The molecule has 0 spiro atoms. The normalized spacial score (nSPS) is 11.3. The van der Waals surface area contributed by atoms with Gasteiger partial charge in [-0.2, -0.15) is 0 Å². The van der Waals surface area contributed by atoms with Crippen molar-refractivity contribution in [3.63, 3.8) is 0 Å². The van der Waals surface area contributed by atoms with Crippen molar-refractivity contribution in [1.29, 1.82) is 0 Å². The third-order valence-corrected chi connectivity index (χ3v) is 9.25. The second-order valence-corrected chi connectivity index (χ2v) is 12.2. The highest BCUT2D eigenvalue weighted by Gasteiger charge is 2.15. The van der Waals surface area contributed by atoms with Gasteiger partial charge in [-0.3, -0.25) is 0 Å². The molecule has 0 atom stereocenters. The summed E-state index contributed by atoms with van der Waals surface area (Å²) in [6.45, 7) is 0. The molecule has 0 aliphatic heterocycles. The summed E-state index contributed by atoms with van der Waals surface area (Å²) in [6, 6.07) is 64.6. The Balaban J connectivity index is 1.12. The highest BCUT2D eigenvalue weighted by molar-refractivity contribution is 6.12. The average Bonchev–Trinajstić information content (AvgIpc) is 3.17. The van der Waals surface area contributed by atoms with Gasteiger partial charge in [0.05, 0.1) is 11.2 Å². The molecule has 1 aromatic heterocycles. The maximum absolute atomic E-state index is 5.24. The van der Waals surface area contributed by atoms with Gasteiger partial charge in [-0.25, -0.2) is 9.97 Å². The average molecular weight is 611 g/mol. The molecule has 9 aromatic rings. The summed E-state index contributed by atoms with van der Waals surface area (Å²) in [5.74, 6) is 0.720. The molecular weight excluding hydrogens is 581 g/mol. The Morgan fingerprint density at radius 3 is 1.54 bits per heavy atom. The van der Waals surface area contributed by atoms with E-state index in [9.17, 15) is 0 Å². The zero-order chi connectivity index (χ0) is 31.9. The fraction of sp³-hybridized carbons (Fsp3) is 0. The van der Waals surface area contributed by atoms with Gasteiger partial charge in [0.2, 0.25) is 0 Å². The van der Waals surface area contributed by atoms with Gasteiger partial charge in [0, 0.05) is 16.5 Å². The highest BCUT2D eigenvalue weighted by atomic mass is 14.9. The zero-order valence-electron chi connectivity index (χ0n) is 26.2. The third-order valence-electron chi connectivity index (χ3n) is 9.25. The number of benzene rings is 8. The van der Waals surface area contributed by atoms with Gasteiger partial charge in [0.1, 0.15) is 0 Å². The van der Waals surface area contributed by atoms with Crippen molar-refractivity contribution < 1.29 is 0 Å². The van der Waals surface area contributed by atoms with Crippen molar-refractivity contribution in [3.05, 3.63) is 182 Å². The monoisotopic (exact) mass is 610 g/mol. The van der Waals surface area contributed by atoms with E-state index in [1.165, 1.54) is 38.4 Å². The quantitative estimate of drug-likeness (QED) is 0.181. The minimum Gasteiger partial charge on any atom is -0.228 e. The molecule has 0 saturated carbocycles. The Morgan fingerprint density at radius 2 is 0.812 bits per heavy atom. The molecule has 0 amide bonds. The van der Waals surface area contributed by atoms with Crippen LogP contribution in [0.3, 0.4) is 0 Å².